The Hall–Kier alpha value is -1.63. The number of rotatable bonds is 1. The topological polar surface area (TPSA) is 23.6 Å². The number of thiocarbonyl (C=S) groups is 1. The highest BCUT2D eigenvalue weighted by Crippen LogP contribution is 2.47. The average Bonchev–Trinajstić information content (AvgIpc) is 3.12. The normalized spacial score (nSPS) is 30.4. The fraction of sp³-hybridized carbons (Fsp3) is 0.467. The van der Waals surface area contributed by atoms with E-state index in [0.29, 0.717) is 5.11 Å². The third kappa shape index (κ3) is 1.81. The molecule has 0 spiro atoms. The van der Waals surface area contributed by atoms with E-state index in [9.17, 15) is 18.0 Å². The van der Waals surface area contributed by atoms with Crippen molar-refractivity contribution >= 4 is 28.9 Å². The van der Waals surface area contributed by atoms with E-state index in [1.807, 2.05) is 4.90 Å². The van der Waals surface area contributed by atoms with Crippen molar-refractivity contribution < 1.29 is 18.0 Å². The molecule has 1 aliphatic carbocycles. The molecule has 1 amide bonds. The van der Waals surface area contributed by atoms with E-state index in [4.69, 9.17) is 12.2 Å². The van der Waals surface area contributed by atoms with Gasteiger partial charge in [-0.2, -0.15) is 13.2 Å². The second kappa shape index (κ2) is 4.44. The molecular formula is C15H13F3N2OS. The molecule has 3 nitrogen and oxygen atoms in total. The largest absolute Gasteiger partial charge is 0.416 e. The van der Waals surface area contributed by atoms with Crippen molar-refractivity contribution in [2.75, 3.05) is 4.90 Å². The van der Waals surface area contributed by atoms with Gasteiger partial charge in [0.25, 0.3) is 5.91 Å². The highest BCUT2D eigenvalue weighted by atomic mass is 32.1. The van der Waals surface area contributed by atoms with Crippen LogP contribution in [0.5, 0.6) is 0 Å². The summed E-state index contributed by atoms with van der Waals surface area (Å²) in [5.41, 5.74) is -0.561. The summed E-state index contributed by atoms with van der Waals surface area (Å²) in [4.78, 5) is 15.9. The number of amides is 1. The smallest absolute Gasteiger partial charge is 0.333 e. The molecule has 22 heavy (non-hydrogen) atoms. The number of alkyl halides is 3. The van der Waals surface area contributed by atoms with E-state index >= 15 is 0 Å². The second-order valence-corrected chi connectivity index (χ2v) is 6.45. The molecule has 0 aromatic heterocycles. The van der Waals surface area contributed by atoms with Gasteiger partial charge in [0.05, 0.1) is 11.3 Å². The minimum absolute atomic E-state index is 0.184. The zero-order valence-electron chi connectivity index (χ0n) is 11.5. The van der Waals surface area contributed by atoms with Gasteiger partial charge in [-0.1, -0.05) is 6.07 Å². The van der Waals surface area contributed by atoms with Crippen molar-refractivity contribution in [1.82, 2.24) is 4.90 Å². The number of nitrogens with zero attached hydrogens (tertiary/aromatic N) is 2. The molecule has 2 saturated heterocycles. The summed E-state index contributed by atoms with van der Waals surface area (Å²) in [5.74, 6) is 0.0998. The number of carbonyl (C=O) groups is 1. The molecule has 7 heteroatoms. The summed E-state index contributed by atoms with van der Waals surface area (Å²) < 4.78 is 38.6. The van der Waals surface area contributed by atoms with E-state index in [0.717, 1.165) is 31.4 Å². The van der Waals surface area contributed by atoms with Crippen LogP contribution < -0.4 is 4.90 Å². The monoisotopic (exact) mass is 326 g/mol. The van der Waals surface area contributed by atoms with Crippen molar-refractivity contribution in [2.45, 2.75) is 37.5 Å². The maximum absolute atomic E-state index is 12.9. The zero-order valence-corrected chi connectivity index (χ0v) is 12.3. The fourth-order valence-electron chi connectivity index (χ4n) is 3.98. The van der Waals surface area contributed by atoms with Crippen LogP contribution in [0, 0.1) is 5.92 Å². The van der Waals surface area contributed by atoms with Crippen LogP contribution in [-0.4, -0.2) is 28.0 Å². The van der Waals surface area contributed by atoms with Gasteiger partial charge >= 0.3 is 6.18 Å². The Balaban J connectivity index is 1.72. The fourth-order valence-corrected chi connectivity index (χ4v) is 4.44. The lowest BCUT2D eigenvalue weighted by Gasteiger charge is -2.28. The first-order valence-corrected chi connectivity index (χ1v) is 7.62. The number of benzene rings is 1. The highest BCUT2D eigenvalue weighted by molar-refractivity contribution is 7.80. The third-order valence-electron chi connectivity index (χ3n) is 4.90. The lowest BCUT2D eigenvalue weighted by atomic mass is 9.99. The first kappa shape index (κ1) is 14.0. The standard InChI is InChI=1S/C15H13F3N2OS/c16-15(17,18)9-2-1-3-10(7-9)20-13(21)12-8-4-5-11(6-8)19(12)14(20)22/h1-3,7-8,11-12H,4-6H2/t8?,11?,12-/m0/s1. The Kier molecular flexibility index (Phi) is 2.82. The van der Waals surface area contributed by atoms with Gasteiger partial charge in [0.2, 0.25) is 0 Å². The van der Waals surface area contributed by atoms with Crippen molar-refractivity contribution in [3.05, 3.63) is 29.8 Å². The van der Waals surface area contributed by atoms with Crippen LogP contribution in [0.3, 0.4) is 0 Å². The van der Waals surface area contributed by atoms with E-state index in [-0.39, 0.29) is 29.6 Å². The predicted molar refractivity (Wildman–Crippen MR) is 78.3 cm³/mol. The highest BCUT2D eigenvalue weighted by Gasteiger charge is 2.57. The van der Waals surface area contributed by atoms with Crippen molar-refractivity contribution in [2.24, 2.45) is 5.92 Å². The number of anilines is 1. The van der Waals surface area contributed by atoms with Gasteiger partial charge in [-0.3, -0.25) is 9.69 Å². The Morgan fingerprint density at radius 2 is 2.00 bits per heavy atom. The summed E-state index contributed by atoms with van der Waals surface area (Å²) in [6.07, 6.45) is -1.47. The number of halogens is 3. The molecule has 0 radical (unpaired) electrons. The maximum atomic E-state index is 12.9. The molecule has 116 valence electrons. The van der Waals surface area contributed by atoms with Crippen LogP contribution in [0.4, 0.5) is 18.9 Å². The minimum atomic E-state index is -4.43. The van der Waals surface area contributed by atoms with Gasteiger partial charge in [-0.25, -0.2) is 0 Å². The number of piperidine rings is 1. The number of fused-ring (bicyclic) bond motifs is 5. The second-order valence-electron chi connectivity index (χ2n) is 6.08. The lowest BCUT2D eigenvalue weighted by molar-refractivity contribution is -0.137. The van der Waals surface area contributed by atoms with Crippen molar-refractivity contribution in [3.63, 3.8) is 0 Å². The van der Waals surface area contributed by atoms with Crippen molar-refractivity contribution in [1.29, 1.82) is 0 Å². The predicted octanol–water partition coefficient (Wildman–Crippen LogP) is 3.19. The van der Waals surface area contributed by atoms with E-state index < -0.39 is 11.7 Å². The average molecular weight is 326 g/mol. The van der Waals surface area contributed by atoms with Gasteiger partial charge in [-0.15, -0.1) is 0 Å². The molecule has 2 heterocycles. The minimum Gasteiger partial charge on any atom is -0.333 e. The van der Waals surface area contributed by atoms with Gasteiger partial charge in [0, 0.05) is 6.04 Å². The maximum Gasteiger partial charge on any atom is 0.416 e. The summed E-state index contributed by atoms with van der Waals surface area (Å²) in [7, 11) is 0. The molecule has 2 aliphatic heterocycles. The van der Waals surface area contributed by atoms with Gasteiger partial charge in [0.1, 0.15) is 6.04 Å². The van der Waals surface area contributed by atoms with Crippen LogP contribution >= 0.6 is 12.2 Å². The van der Waals surface area contributed by atoms with Gasteiger partial charge < -0.3 is 4.90 Å². The SMILES string of the molecule is O=C1[C@@H]2C3CCC(C3)N2C(=S)N1c1cccc(C(F)(F)F)c1. The Bertz CT molecular complexity index is 647. The van der Waals surface area contributed by atoms with E-state index in [1.165, 1.54) is 17.0 Å². The first-order chi connectivity index (χ1) is 10.4. The summed E-state index contributed by atoms with van der Waals surface area (Å²) in [5, 5.41) is 0.349. The number of hydrogen-bond acceptors (Lipinski definition) is 2. The van der Waals surface area contributed by atoms with Gasteiger partial charge in [-0.05, 0) is 55.6 Å². The molecule has 2 unspecified atom stereocenters. The number of carbonyl (C=O) groups excluding carboxylic acids is 1. The third-order valence-corrected chi connectivity index (χ3v) is 5.30. The molecule has 1 aromatic rings. The molecule has 2 bridgehead atoms. The Morgan fingerprint density at radius 3 is 2.68 bits per heavy atom. The molecule has 3 atom stereocenters. The van der Waals surface area contributed by atoms with Crippen LogP contribution in [0.15, 0.2) is 24.3 Å². The van der Waals surface area contributed by atoms with Crippen LogP contribution in [0.2, 0.25) is 0 Å². The summed E-state index contributed by atoms with van der Waals surface area (Å²) in [6.45, 7) is 0. The van der Waals surface area contributed by atoms with Crippen LogP contribution in [0.25, 0.3) is 0 Å². The summed E-state index contributed by atoms with van der Waals surface area (Å²) in [6, 6.07) is 4.80. The Morgan fingerprint density at radius 1 is 1.23 bits per heavy atom. The van der Waals surface area contributed by atoms with Gasteiger partial charge in [0.15, 0.2) is 5.11 Å². The zero-order chi connectivity index (χ0) is 15.6. The molecule has 0 N–H and O–H groups in total. The van der Waals surface area contributed by atoms with Crippen LogP contribution in [0.1, 0.15) is 24.8 Å². The number of hydrogen-bond donors (Lipinski definition) is 0. The quantitative estimate of drug-likeness (QED) is 0.741. The van der Waals surface area contributed by atoms with E-state index in [2.05, 4.69) is 0 Å². The lowest BCUT2D eigenvalue weighted by Crippen LogP contribution is -2.40. The molecule has 3 aliphatic rings. The van der Waals surface area contributed by atoms with Crippen molar-refractivity contribution in [3.8, 4) is 0 Å². The Labute approximate surface area is 130 Å². The first-order valence-electron chi connectivity index (χ1n) is 7.21. The molecule has 1 aromatic carbocycles. The van der Waals surface area contributed by atoms with E-state index in [1.54, 1.807) is 0 Å². The van der Waals surface area contributed by atoms with Crippen LogP contribution in [-0.2, 0) is 11.0 Å². The summed E-state index contributed by atoms with van der Waals surface area (Å²) >= 11 is 5.39. The molecular weight excluding hydrogens is 313 g/mol. The molecule has 3 fully saturated rings. The molecule has 4 rings (SSSR count). The molecule has 1 saturated carbocycles.